The fourth-order valence-electron chi connectivity index (χ4n) is 3.57. The Hall–Kier alpha value is -3.16. The van der Waals surface area contributed by atoms with Crippen molar-refractivity contribution in [3.05, 3.63) is 102 Å². The van der Waals surface area contributed by atoms with Crippen LogP contribution in [-0.4, -0.2) is 31.9 Å². The van der Waals surface area contributed by atoms with Gasteiger partial charge in [0.1, 0.15) is 16.7 Å². The number of ether oxygens (including phenoxy) is 2. The number of benzene rings is 2. The molecule has 1 aromatic heterocycles. The molecule has 0 aliphatic rings. The van der Waals surface area contributed by atoms with Crippen molar-refractivity contribution in [3.8, 4) is 11.5 Å². The molecule has 0 amide bonds. The highest BCUT2D eigenvalue weighted by atomic mass is 32.2. The van der Waals surface area contributed by atoms with E-state index in [0.717, 1.165) is 22.6 Å². The molecule has 3 rings (SSSR count). The molecule has 6 nitrogen and oxygen atoms in total. The third kappa shape index (κ3) is 6.43. The summed E-state index contributed by atoms with van der Waals surface area (Å²) < 4.78 is 40.0. The van der Waals surface area contributed by atoms with E-state index >= 15 is 0 Å². The average Bonchev–Trinajstić information content (AvgIpc) is 2.85. The fraction of sp³-hybridized carbons (Fsp3) is 0.269. The van der Waals surface area contributed by atoms with E-state index in [2.05, 4.69) is 11.6 Å². The number of hydrogen-bond donors (Lipinski definition) is 0. The highest BCUT2D eigenvalue weighted by Crippen LogP contribution is 2.31. The van der Waals surface area contributed by atoms with Gasteiger partial charge < -0.3 is 9.47 Å². The summed E-state index contributed by atoms with van der Waals surface area (Å²) in [5.41, 5.74) is 2.28. The number of methoxy groups -OCH3 is 2. The van der Waals surface area contributed by atoms with Crippen molar-refractivity contribution in [1.82, 2.24) is 9.29 Å². The first kappa shape index (κ1) is 24.5. The van der Waals surface area contributed by atoms with Crippen LogP contribution in [0.5, 0.6) is 11.5 Å². The molecule has 0 spiro atoms. The number of pyridine rings is 1. The van der Waals surface area contributed by atoms with Crippen molar-refractivity contribution in [3.63, 3.8) is 0 Å². The first-order chi connectivity index (χ1) is 16.0. The lowest BCUT2D eigenvalue weighted by atomic mass is 10.1. The number of allylic oxidation sites excluding steroid dienone is 1. The Balaban J connectivity index is 1.98. The van der Waals surface area contributed by atoms with Crippen molar-refractivity contribution in [2.75, 3.05) is 14.2 Å². The van der Waals surface area contributed by atoms with Crippen molar-refractivity contribution >= 4 is 10.0 Å². The third-order valence-electron chi connectivity index (χ3n) is 5.41. The maximum Gasteiger partial charge on any atom is 0.223 e. The maximum atomic E-state index is 14.0. The van der Waals surface area contributed by atoms with E-state index in [0.29, 0.717) is 18.5 Å². The summed E-state index contributed by atoms with van der Waals surface area (Å²) >= 11 is 0. The van der Waals surface area contributed by atoms with E-state index in [-0.39, 0.29) is 13.1 Å². The Morgan fingerprint density at radius 2 is 1.45 bits per heavy atom. The smallest absolute Gasteiger partial charge is 0.223 e. The van der Waals surface area contributed by atoms with Crippen LogP contribution in [-0.2, 0) is 23.1 Å². The van der Waals surface area contributed by atoms with Crippen LogP contribution >= 0.6 is 0 Å². The van der Waals surface area contributed by atoms with Crippen molar-refractivity contribution in [1.29, 1.82) is 0 Å². The Kier molecular flexibility index (Phi) is 8.63. The number of hydrogen-bond acceptors (Lipinski definition) is 5. The Morgan fingerprint density at radius 1 is 0.909 bits per heavy atom. The Bertz CT molecular complexity index is 1070. The largest absolute Gasteiger partial charge is 0.497 e. The lowest BCUT2D eigenvalue weighted by Gasteiger charge is -2.28. The van der Waals surface area contributed by atoms with E-state index < -0.39 is 15.3 Å². The molecule has 0 saturated carbocycles. The van der Waals surface area contributed by atoms with Crippen molar-refractivity contribution in [2.45, 2.75) is 31.2 Å². The van der Waals surface area contributed by atoms with Crippen LogP contribution in [0, 0.1) is 0 Å². The molecule has 174 valence electrons. The van der Waals surface area contributed by atoms with Gasteiger partial charge in [-0.3, -0.25) is 4.98 Å². The van der Waals surface area contributed by atoms with Gasteiger partial charge in [-0.1, -0.05) is 36.4 Å². The first-order valence-corrected chi connectivity index (χ1v) is 12.2. The summed E-state index contributed by atoms with van der Waals surface area (Å²) in [6, 6.07) is 20.2. The van der Waals surface area contributed by atoms with Gasteiger partial charge in [0.25, 0.3) is 0 Å². The molecular weight excluding hydrogens is 436 g/mol. The molecule has 0 saturated heterocycles. The molecule has 0 aliphatic carbocycles. The van der Waals surface area contributed by atoms with E-state index in [1.165, 1.54) is 4.31 Å². The van der Waals surface area contributed by atoms with Crippen LogP contribution in [0.4, 0.5) is 0 Å². The number of rotatable bonds is 12. The monoisotopic (exact) mass is 466 g/mol. The average molecular weight is 467 g/mol. The molecule has 1 unspecified atom stereocenters. The van der Waals surface area contributed by atoms with E-state index in [1.54, 1.807) is 38.6 Å². The quantitative estimate of drug-likeness (QED) is 0.346. The van der Waals surface area contributed by atoms with Gasteiger partial charge in [-0.2, -0.15) is 4.31 Å². The SMILES string of the molecule is C=CCCC(c1ccccn1)S(=O)(=O)N(Cc1ccc(OC)cc1)Cc1ccc(OC)cc1. The van der Waals surface area contributed by atoms with Gasteiger partial charge in [0.15, 0.2) is 0 Å². The minimum absolute atomic E-state index is 0.232. The van der Waals surface area contributed by atoms with Crippen LogP contribution in [0.2, 0.25) is 0 Å². The molecule has 0 aliphatic heterocycles. The predicted molar refractivity (Wildman–Crippen MR) is 131 cm³/mol. The van der Waals surface area contributed by atoms with Gasteiger partial charge in [-0.05, 0) is 60.4 Å². The molecule has 3 aromatic rings. The van der Waals surface area contributed by atoms with Crippen LogP contribution in [0.25, 0.3) is 0 Å². The summed E-state index contributed by atoms with van der Waals surface area (Å²) in [5.74, 6) is 1.45. The standard InChI is InChI=1S/C26H30N2O4S/c1-4-5-9-26(25-8-6-7-18-27-25)33(29,30)28(19-21-10-14-23(31-2)15-11-21)20-22-12-16-24(32-3)17-13-22/h4,6-8,10-18,26H,1,5,9,19-20H2,2-3H3. The topological polar surface area (TPSA) is 68.7 Å². The summed E-state index contributed by atoms with van der Waals surface area (Å²) in [6.45, 7) is 4.23. The molecule has 1 atom stereocenters. The zero-order valence-electron chi connectivity index (χ0n) is 19.1. The molecule has 1 heterocycles. The third-order valence-corrected chi connectivity index (χ3v) is 7.58. The summed E-state index contributed by atoms with van der Waals surface area (Å²) in [4.78, 5) is 4.37. The minimum Gasteiger partial charge on any atom is -0.497 e. The maximum absolute atomic E-state index is 14.0. The Labute approximate surface area is 196 Å². The van der Waals surface area contributed by atoms with E-state index in [4.69, 9.17) is 9.47 Å². The molecule has 7 heteroatoms. The van der Waals surface area contributed by atoms with Crippen LogP contribution in [0.15, 0.2) is 85.6 Å². The van der Waals surface area contributed by atoms with Gasteiger partial charge in [0.05, 0.1) is 19.9 Å². The van der Waals surface area contributed by atoms with Gasteiger partial charge in [-0.25, -0.2) is 8.42 Å². The molecule has 33 heavy (non-hydrogen) atoms. The van der Waals surface area contributed by atoms with Gasteiger partial charge in [-0.15, -0.1) is 6.58 Å². The summed E-state index contributed by atoms with van der Waals surface area (Å²) in [5, 5.41) is -0.770. The molecule has 0 N–H and O–H groups in total. The molecule has 0 radical (unpaired) electrons. The van der Waals surface area contributed by atoms with Crippen LogP contribution in [0.3, 0.4) is 0 Å². The molecule has 0 bridgehead atoms. The van der Waals surface area contributed by atoms with Crippen molar-refractivity contribution < 1.29 is 17.9 Å². The fourth-order valence-corrected chi connectivity index (χ4v) is 5.47. The van der Waals surface area contributed by atoms with Gasteiger partial charge >= 0.3 is 0 Å². The second-order valence-electron chi connectivity index (χ2n) is 7.62. The lowest BCUT2D eigenvalue weighted by molar-refractivity contribution is 0.389. The van der Waals surface area contributed by atoms with Gasteiger partial charge in [0.2, 0.25) is 10.0 Å². The van der Waals surface area contributed by atoms with Crippen LogP contribution in [0.1, 0.15) is 34.9 Å². The van der Waals surface area contributed by atoms with Crippen molar-refractivity contribution in [2.24, 2.45) is 0 Å². The predicted octanol–water partition coefficient (Wildman–Crippen LogP) is 5.14. The Morgan fingerprint density at radius 3 is 1.88 bits per heavy atom. The minimum atomic E-state index is -3.76. The van der Waals surface area contributed by atoms with E-state index in [1.807, 2.05) is 54.6 Å². The summed E-state index contributed by atoms with van der Waals surface area (Å²) in [7, 11) is -0.548. The second kappa shape index (κ2) is 11.6. The zero-order chi connectivity index (χ0) is 23.7. The number of sulfonamides is 1. The van der Waals surface area contributed by atoms with Gasteiger partial charge in [0, 0.05) is 19.3 Å². The van der Waals surface area contributed by atoms with Crippen LogP contribution < -0.4 is 9.47 Å². The zero-order valence-corrected chi connectivity index (χ0v) is 19.9. The normalized spacial score (nSPS) is 12.3. The highest BCUT2D eigenvalue weighted by molar-refractivity contribution is 7.89. The number of aromatic nitrogens is 1. The number of nitrogens with zero attached hydrogens (tertiary/aromatic N) is 2. The summed E-state index contributed by atoms with van der Waals surface area (Å²) in [6.07, 6.45) is 4.34. The molecular formula is C26H30N2O4S. The van der Waals surface area contributed by atoms with E-state index in [9.17, 15) is 8.42 Å². The lowest BCUT2D eigenvalue weighted by Crippen LogP contribution is -2.34. The first-order valence-electron chi connectivity index (χ1n) is 10.7. The molecule has 0 fully saturated rings. The highest BCUT2D eigenvalue weighted by Gasteiger charge is 2.34. The second-order valence-corrected chi connectivity index (χ2v) is 9.73. The molecule has 2 aromatic carbocycles.